The lowest BCUT2D eigenvalue weighted by Crippen LogP contribution is -2.44. The molecule has 0 aromatic heterocycles. The first-order valence-electron chi connectivity index (χ1n) is 11.3. The Morgan fingerprint density at radius 2 is 1.65 bits per heavy atom. The first kappa shape index (κ1) is 21.5. The predicted octanol–water partition coefficient (Wildman–Crippen LogP) is 6.59. The van der Waals surface area contributed by atoms with Gasteiger partial charge in [-0.25, -0.2) is 0 Å². The van der Waals surface area contributed by atoms with Gasteiger partial charge in [0.1, 0.15) is 0 Å². The van der Waals surface area contributed by atoms with Crippen LogP contribution in [0.25, 0.3) is 0 Å². The molecular formula is C28H33NO2. The molecule has 162 valence electrons. The Morgan fingerprint density at radius 1 is 0.968 bits per heavy atom. The highest BCUT2D eigenvalue weighted by atomic mass is 16.2. The van der Waals surface area contributed by atoms with E-state index in [9.17, 15) is 9.59 Å². The highest BCUT2D eigenvalue weighted by molar-refractivity contribution is 6.08. The van der Waals surface area contributed by atoms with E-state index in [4.69, 9.17) is 0 Å². The molecule has 2 aromatic carbocycles. The summed E-state index contributed by atoms with van der Waals surface area (Å²) in [5.41, 5.74) is 7.07. The zero-order valence-corrected chi connectivity index (χ0v) is 19.6. The Hall–Kier alpha value is -2.68. The number of rotatable bonds is 3. The number of carbonyl (C=O) groups is 2. The standard InChI is InChI=1S/C28H33NO2/c1-17(2)20-8-10-21(11-9-20)22-14-26(31)29(23-12-7-18(3)13-19(23)4)24-15-28(5,6)16-25(30)27(22)24/h7-13,17,22H,14-16H2,1-6H3. The van der Waals surface area contributed by atoms with E-state index in [2.05, 4.69) is 65.0 Å². The number of carbonyl (C=O) groups excluding carboxylic acids is 2. The van der Waals surface area contributed by atoms with Gasteiger partial charge in [-0.2, -0.15) is 0 Å². The van der Waals surface area contributed by atoms with Crippen molar-refractivity contribution in [1.29, 1.82) is 0 Å². The Balaban J connectivity index is 1.87. The van der Waals surface area contributed by atoms with Gasteiger partial charge in [-0.1, -0.05) is 69.7 Å². The molecule has 2 aliphatic rings. The normalized spacial score (nSPS) is 21.0. The molecule has 31 heavy (non-hydrogen) atoms. The van der Waals surface area contributed by atoms with Gasteiger partial charge in [0, 0.05) is 30.0 Å². The maximum atomic E-state index is 13.5. The van der Waals surface area contributed by atoms with Crippen molar-refractivity contribution in [3.63, 3.8) is 0 Å². The maximum absolute atomic E-state index is 13.5. The molecular weight excluding hydrogens is 382 g/mol. The zero-order valence-electron chi connectivity index (χ0n) is 19.6. The Labute approximate surface area is 186 Å². The van der Waals surface area contributed by atoms with Crippen LogP contribution in [0.1, 0.15) is 81.0 Å². The van der Waals surface area contributed by atoms with E-state index in [1.54, 1.807) is 0 Å². The summed E-state index contributed by atoms with van der Waals surface area (Å²) >= 11 is 0. The number of Topliss-reactive ketones (excluding diaryl/α,β-unsaturated/α-hetero) is 1. The van der Waals surface area contributed by atoms with Crippen molar-refractivity contribution in [2.75, 3.05) is 4.90 Å². The molecule has 0 saturated heterocycles. The van der Waals surface area contributed by atoms with Gasteiger partial charge in [0.15, 0.2) is 5.78 Å². The minimum atomic E-state index is -0.158. The molecule has 0 radical (unpaired) electrons. The minimum Gasteiger partial charge on any atom is -0.294 e. The lowest BCUT2D eigenvalue weighted by Gasteiger charge is -2.43. The van der Waals surface area contributed by atoms with Crippen LogP contribution in [0.5, 0.6) is 0 Å². The van der Waals surface area contributed by atoms with Crippen molar-refractivity contribution in [2.45, 2.75) is 72.6 Å². The topological polar surface area (TPSA) is 37.4 Å². The van der Waals surface area contributed by atoms with Gasteiger partial charge in [-0.3, -0.25) is 14.5 Å². The molecule has 3 heteroatoms. The number of hydrogen-bond acceptors (Lipinski definition) is 2. The maximum Gasteiger partial charge on any atom is 0.232 e. The van der Waals surface area contributed by atoms with Gasteiger partial charge in [-0.05, 0) is 54.4 Å². The lowest BCUT2D eigenvalue weighted by atomic mass is 9.69. The largest absolute Gasteiger partial charge is 0.294 e. The number of benzene rings is 2. The van der Waals surface area contributed by atoms with Crippen LogP contribution in [0, 0.1) is 19.3 Å². The molecule has 3 nitrogen and oxygen atoms in total. The van der Waals surface area contributed by atoms with Crippen molar-refractivity contribution in [2.24, 2.45) is 5.41 Å². The third-order valence-electron chi connectivity index (χ3n) is 6.74. The summed E-state index contributed by atoms with van der Waals surface area (Å²) in [5.74, 6) is 0.559. The van der Waals surface area contributed by atoms with E-state index in [1.807, 2.05) is 24.0 Å². The molecule has 0 saturated carbocycles. The predicted molar refractivity (Wildman–Crippen MR) is 126 cm³/mol. The number of hydrogen-bond donors (Lipinski definition) is 0. The molecule has 1 unspecified atom stereocenters. The van der Waals surface area contributed by atoms with Gasteiger partial charge < -0.3 is 0 Å². The lowest BCUT2D eigenvalue weighted by molar-refractivity contribution is -0.121. The summed E-state index contributed by atoms with van der Waals surface area (Å²) in [6.45, 7) is 12.7. The molecule has 1 aliphatic heterocycles. The summed E-state index contributed by atoms with van der Waals surface area (Å²) in [5, 5.41) is 0. The molecule has 1 aliphatic carbocycles. The third kappa shape index (κ3) is 3.98. The SMILES string of the molecule is Cc1ccc(N2C(=O)CC(c3ccc(C(C)C)cc3)C3=C2CC(C)(C)CC3=O)c(C)c1. The second-order valence-corrected chi connectivity index (χ2v) is 10.4. The highest BCUT2D eigenvalue weighted by Crippen LogP contribution is 2.48. The summed E-state index contributed by atoms with van der Waals surface area (Å²) in [6.07, 6.45) is 1.59. The highest BCUT2D eigenvalue weighted by Gasteiger charge is 2.44. The van der Waals surface area contributed by atoms with Crippen molar-refractivity contribution in [3.05, 3.63) is 76.0 Å². The fourth-order valence-electron chi connectivity index (χ4n) is 5.15. The second kappa shape index (κ2) is 7.78. The van der Waals surface area contributed by atoms with Crippen molar-refractivity contribution >= 4 is 17.4 Å². The molecule has 0 N–H and O–H groups in total. The van der Waals surface area contributed by atoms with Crippen LogP contribution in [-0.4, -0.2) is 11.7 Å². The number of allylic oxidation sites excluding steroid dienone is 2. The molecule has 0 bridgehead atoms. The first-order chi connectivity index (χ1) is 14.6. The Kier molecular flexibility index (Phi) is 5.41. The van der Waals surface area contributed by atoms with E-state index in [1.165, 1.54) is 11.1 Å². The molecule has 1 amide bonds. The van der Waals surface area contributed by atoms with Gasteiger partial charge in [0.2, 0.25) is 5.91 Å². The van der Waals surface area contributed by atoms with E-state index < -0.39 is 0 Å². The number of aryl methyl sites for hydroxylation is 2. The quantitative estimate of drug-likeness (QED) is 0.567. The van der Waals surface area contributed by atoms with E-state index in [0.717, 1.165) is 34.5 Å². The van der Waals surface area contributed by atoms with Crippen LogP contribution in [0.4, 0.5) is 5.69 Å². The van der Waals surface area contributed by atoms with Crippen molar-refractivity contribution < 1.29 is 9.59 Å². The zero-order chi connectivity index (χ0) is 22.5. The number of ketones is 1. The van der Waals surface area contributed by atoms with Crippen molar-refractivity contribution in [3.8, 4) is 0 Å². The fourth-order valence-corrected chi connectivity index (χ4v) is 5.15. The van der Waals surface area contributed by atoms with Crippen LogP contribution in [0.15, 0.2) is 53.7 Å². The minimum absolute atomic E-state index is 0.0779. The first-order valence-corrected chi connectivity index (χ1v) is 11.3. The van der Waals surface area contributed by atoms with Crippen LogP contribution in [0.3, 0.4) is 0 Å². The number of anilines is 1. The van der Waals surface area contributed by atoms with Gasteiger partial charge in [-0.15, -0.1) is 0 Å². The molecule has 0 spiro atoms. The Bertz CT molecular complexity index is 1070. The Morgan fingerprint density at radius 3 is 2.26 bits per heavy atom. The molecule has 4 rings (SSSR count). The average Bonchev–Trinajstić information content (AvgIpc) is 2.67. The monoisotopic (exact) mass is 415 g/mol. The number of nitrogens with zero attached hydrogens (tertiary/aromatic N) is 1. The summed E-state index contributed by atoms with van der Waals surface area (Å²) in [7, 11) is 0. The van der Waals surface area contributed by atoms with E-state index >= 15 is 0 Å². The smallest absolute Gasteiger partial charge is 0.232 e. The second-order valence-electron chi connectivity index (χ2n) is 10.4. The summed E-state index contributed by atoms with van der Waals surface area (Å²) in [4.78, 5) is 28.8. The molecule has 2 aromatic rings. The van der Waals surface area contributed by atoms with Gasteiger partial charge in [0.05, 0.1) is 5.69 Å². The van der Waals surface area contributed by atoms with E-state index in [0.29, 0.717) is 18.8 Å². The third-order valence-corrected chi connectivity index (χ3v) is 6.74. The summed E-state index contributed by atoms with van der Waals surface area (Å²) in [6, 6.07) is 14.7. The molecule has 1 heterocycles. The van der Waals surface area contributed by atoms with Gasteiger partial charge in [0.25, 0.3) is 0 Å². The van der Waals surface area contributed by atoms with Crippen molar-refractivity contribution in [1.82, 2.24) is 0 Å². The van der Waals surface area contributed by atoms with Crippen LogP contribution in [0.2, 0.25) is 0 Å². The van der Waals surface area contributed by atoms with Gasteiger partial charge >= 0.3 is 0 Å². The average molecular weight is 416 g/mol. The fraction of sp³-hybridized carbons (Fsp3) is 0.429. The van der Waals surface area contributed by atoms with E-state index in [-0.39, 0.29) is 23.0 Å². The number of amides is 1. The summed E-state index contributed by atoms with van der Waals surface area (Å²) < 4.78 is 0. The van der Waals surface area contributed by atoms with Crippen LogP contribution >= 0.6 is 0 Å². The molecule has 1 atom stereocenters. The molecule has 0 fully saturated rings. The van der Waals surface area contributed by atoms with Crippen LogP contribution < -0.4 is 4.90 Å². The van der Waals surface area contributed by atoms with Crippen LogP contribution in [-0.2, 0) is 9.59 Å².